The van der Waals surface area contributed by atoms with Gasteiger partial charge in [0.1, 0.15) is 0 Å². The van der Waals surface area contributed by atoms with Crippen molar-refractivity contribution in [2.45, 2.75) is 19.3 Å². The van der Waals surface area contributed by atoms with E-state index in [4.69, 9.17) is 21.1 Å². The average molecular weight is 205 g/mol. The minimum atomic E-state index is 0.264. The lowest BCUT2D eigenvalue weighted by atomic mass is 9.80. The molecule has 2 fully saturated rings. The van der Waals surface area contributed by atoms with Crippen LogP contribution in [0.5, 0.6) is 0 Å². The van der Waals surface area contributed by atoms with Crippen molar-refractivity contribution in [3.63, 3.8) is 0 Å². The van der Waals surface area contributed by atoms with Crippen molar-refractivity contribution in [3.8, 4) is 0 Å². The van der Waals surface area contributed by atoms with E-state index in [9.17, 15) is 0 Å². The summed E-state index contributed by atoms with van der Waals surface area (Å²) >= 11 is 6.02. The third kappa shape index (κ3) is 2.17. The molecule has 2 rings (SSSR count). The summed E-state index contributed by atoms with van der Waals surface area (Å²) in [6, 6.07) is 0. The molecule has 0 aliphatic carbocycles. The van der Waals surface area contributed by atoms with E-state index in [0.29, 0.717) is 0 Å². The van der Waals surface area contributed by atoms with Crippen LogP contribution in [0.1, 0.15) is 19.3 Å². The maximum atomic E-state index is 6.02. The third-order valence-electron chi connectivity index (χ3n) is 3.21. The molecule has 0 aromatic heterocycles. The lowest BCUT2D eigenvalue weighted by Crippen LogP contribution is -2.26. The van der Waals surface area contributed by atoms with Crippen molar-refractivity contribution in [2.24, 2.45) is 11.3 Å². The maximum Gasteiger partial charge on any atom is 0.0534 e. The first-order valence-corrected chi connectivity index (χ1v) is 5.60. The highest BCUT2D eigenvalue weighted by atomic mass is 35.5. The van der Waals surface area contributed by atoms with Crippen LogP contribution in [0, 0.1) is 11.3 Å². The molecular formula is C10H17ClO2. The van der Waals surface area contributed by atoms with E-state index in [-0.39, 0.29) is 5.41 Å². The molecule has 76 valence electrons. The Morgan fingerprint density at radius 3 is 2.77 bits per heavy atom. The number of rotatable bonds is 3. The zero-order valence-electron chi connectivity index (χ0n) is 7.93. The van der Waals surface area contributed by atoms with Crippen LogP contribution >= 0.6 is 11.6 Å². The lowest BCUT2D eigenvalue weighted by Gasteiger charge is -2.27. The molecule has 2 unspecified atom stereocenters. The summed E-state index contributed by atoms with van der Waals surface area (Å²) in [5, 5.41) is 0. The Hall–Kier alpha value is 0.210. The van der Waals surface area contributed by atoms with Gasteiger partial charge < -0.3 is 9.47 Å². The lowest BCUT2D eigenvalue weighted by molar-refractivity contribution is 0.135. The number of alkyl halides is 1. The van der Waals surface area contributed by atoms with E-state index >= 15 is 0 Å². The van der Waals surface area contributed by atoms with Crippen LogP contribution in [0.4, 0.5) is 0 Å². The molecule has 0 radical (unpaired) electrons. The van der Waals surface area contributed by atoms with Gasteiger partial charge in [0.2, 0.25) is 0 Å². The van der Waals surface area contributed by atoms with Crippen molar-refractivity contribution in [1.29, 1.82) is 0 Å². The monoisotopic (exact) mass is 204 g/mol. The second-order valence-corrected chi connectivity index (χ2v) is 4.64. The Balaban J connectivity index is 1.88. The molecule has 0 bridgehead atoms. The number of hydrogen-bond donors (Lipinski definition) is 0. The van der Waals surface area contributed by atoms with Crippen molar-refractivity contribution in [3.05, 3.63) is 0 Å². The highest BCUT2D eigenvalue weighted by molar-refractivity contribution is 6.18. The van der Waals surface area contributed by atoms with Gasteiger partial charge in [0.15, 0.2) is 0 Å². The largest absolute Gasteiger partial charge is 0.381 e. The van der Waals surface area contributed by atoms with Crippen molar-refractivity contribution < 1.29 is 9.47 Å². The van der Waals surface area contributed by atoms with Gasteiger partial charge in [0.05, 0.1) is 6.61 Å². The van der Waals surface area contributed by atoms with Crippen molar-refractivity contribution in [1.82, 2.24) is 0 Å². The van der Waals surface area contributed by atoms with Crippen LogP contribution in [-0.4, -0.2) is 32.3 Å². The van der Waals surface area contributed by atoms with E-state index in [1.165, 1.54) is 12.8 Å². The molecule has 0 spiro atoms. The van der Waals surface area contributed by atoms with Gasteiger partial charge >= 0.3 is 0 Å². The molecule has 2 saturated heterocycles. The van der Waals surface area contributed by atoms with Gasteiger partial charge in [-0.1, -0.05) is 0 Å². The highest BCUT2D eigenvalue weighted by Crippen LogP contribution is 2.38. The summed E-state index contributed by atoms with van der Waals surface area (Å²) in [5.74, 6) is 1.46. The average Bonchev–Trinajstić information content (AvgIpc) is 2.77. The van der Waals surface area contributed by atoms with Gasteiger partial charge in [0.25, 0.3) is 0 Å². The fraction of sp³-hybridized carbons (Fsp3) is 1.00. The summed E-state index contributed by atoms with van der Waals surface area (Å²) in [6.45, 7) is 3.61. The number of halogens is 1. The van der Waals surface area contributed by atoms with Gasteiger partial charge in [-0.2, -0.15) is 0 Å². The predicted molar refractivity (Wildman–Crippen MR) is 52.1 cm³/mol. The highest BCUT2D eigenvalue weighted by Gasteiger charge is 2.37. The molecule has 0 N–H and O–H groups in total. The minimum absolute atomic E-state index is 0.264. The van der Waals surface area contributed by atoms with E-state index in [0.717, 1.165) is 44.6 Å². The molecule has 0 amide bonds. The SMILES string of the molecule is ClCC1(CC2CCOC2)CCOC1. The molecular weight excluding hydrogens is 188 g/mol. The Bertz CT molecular complexity index is 160. The molecule has 13 heavy (non-hydrogen) atoms. The smallest absolute Gasteiger partial charge is 0.0534 e. The van der Waals surface area contributed by atoms with Gasteiger partial charge in [-0.15, -0.1) is 11.6 Å². The molecule has 2 heterocycles. The molecule has 0 aromatic carbocycles. The zero-order chi connectivity index (χ0) is 9.15. The van der Waals surface area contributed by atoms with E-state index in [1.807, 2.05) is 0 Å². The van der Waals surface area contributed by atoms with Gasteiger partial charge in [-0.05, 0) is 25.2 Å². The molecule has 2 aliphatic heterocycles. The Morgan fingerprint density at radius 2 is 2.23 bits per heavy atom. The topological polar surface area (TPSA) is 18.5 Å². The first-order valence-electron chi connectivity index (χ1n) is 5.06. The van der Waals surface area contributed by atoms with Crippen LogP contribution in [0.15, 0.2) is 0 Å². The van der Waals surface area contributed by atoms with Crippen molar-refractivity contribution >= 4 is 11.6 Å². The predicted octanol–water partition coefficient (Wildman–Crippen LogP) is 2.06. The molecule has 2 aliphatic rings. The van der Waals surface area contributed by atoms with Crippen molar-refractivity contribution in [2.75, 3.05) is 32.3 Å². The zero-order valence-corrected chi connectivity index (χ0v) is 8.68. The van der Waals surface area contributed by atoms with Crippen LogP contribution < -0.4 is 0 Å². The van der Waals surface area contributed by atoms with Gasteiger partial charge in [-0.3, -0.25) is 0 Å². The summed E-state index contributed by atoms with van der Waals surface area (Å²) in [7, 11) is 0. The molecule has 0 saturated carbocycles. The molecule has 2 nitrogen and oxygen atoms in total. The second kappa shape index (κ2) is 4.16. The van der Waals surface area contributed by atoms with Crippen LogP contribution in [0.2, 0.25) is 0 Å². The van der Waals surface area contributed by atoms with E-state index in [1.54, 1.807) is 0 Å². The van der Waals surface area contributed by atoms with Crippen LogP contribution in [-0.2, 0) is 9.47 Å². The summed E-state index contributed by atoms with van der Waals surface area (Å²) in [5.41, 5.74) is 0.264. The van der Waals surface area contributed by atoms with Crippen LogP contribution in [0.3, 0.4) is 0 Å². The first kappa shape index (κ1) is 9.75. The summed E-state index contributed by atoms with van der Waals surface area (Å²) < 4.78 is 10.8. The minimum Gasteiger partial charge on any atom is -0.381 e. The van der Waals surface area contributed by atoms with Crippen LogP contribution in [0.25, 0.3) is 0 Å². The fourth-order valence-corrected chi connectivity index (χ4v) is 2.65. The number of hydrogen-bond acceptors (Lipinski definition) is 2. The Labute approximate surface area is 84.5 Å². The standard InChI is InChI=1S/C10H17ClO2/c11-7-10(2-4-13-8-10)5-9-1-3-12-6-9/h9H,1-8H2. The number of ether oxygens (including phenoxy) is 2. The molecule has 3 heteroatoms. The quantitative estimate of drug-likeness (QED) is 0.656. The Morgan fingerprint density at radius 1 is 1.31 bits per heavy atom. The summed E-state index contributed by atoms with van der Waals surface area (Å²) in [6.07, 6.45) is 3.53. The van der Waals surface area contributed by atoms with E-state index in [2.05, 4.69) is 0 Å². The fourth-order valence-electron chi connectivity index (χ4n) is 2.33. The second-order valence-electron chi connectivity index (χ2n) is 4.37. The molecule has 2 atom stereocenters. The first-order chi connectivity index (χ1) is 6.35. The maximum absolute atomic E-state index is 6.02. The molecule has 0 aromatic rings. The van der Waals surface area contributed by atoms with E-state index < -0.39 is 0 Å². The van der Waals surface area contributed by atoms with Gasteiger partial charge in [-0.25, -0.2) is 0 Å². The van der Waals surface area contributed by atoms with Gasteiger partial charge in [0, 0.05) is 31.1 Å². The Kier molecular flexibility index (Phi) is 3.12. The summed E-state index contributed by atoms with van der Waals surface area (Å²) in [4.78, 5) is 0. The third-order valence-corrected chi connectivity index (χ3v) is 3.78. The normalized spacial score (nSPS) is 39.9.